The van der Waals surface area contributed by atoms with E-state index in [4.69, 9.17) is 15.2 Å². The molecule has 0 saturated heterocycles. The van der Waals surface area contributed by atoms with Crippen LogP contribution in [0.3, 0.4) is 0 Å². The third-order valence-electron chi connectivity index (χ3n) is 3.51. The minimum absolute atomic E-state index is 0.119. The lowest BCUT2D eigenvalue weighted by atomic mass is 9.88. The van der Waals surface area contributed by atoms with E-state index in [0.29, 0.717) is 5.92 Å². The molecule has 0 aromatic carbocycles. The standard InChI is InChI=1S/C12H18N2O.C2H4O2/c13-8-11(9-6-7-9)14-12(15)10-4-2-1-3-5-10;1-2(3)4/h9-11H,1-7H2,(H,14,15);1H3,(H,3,4). The zero-order chi connectivity index (χ0) is 14.3. The summed E-state index contributed by atoms with van der Waals surface area (Å²) >= 11 is 0. The van der Waals surface area contributed by atoms with Crippen molar-refractivity contribution in [2.75, 3.05) is 0 Å². The molecule has 2 aliphatic carbocycles. The van der Waals surface area contributed by atoms with Crippen LogP contribution in [0.15, 0.2) is 0 Å². The molecule has 1 unspecified atom stereocenters. The van der Waals surface area contributed by atoms with E-state index in [2.05, 4.69) is 11.4 Å². The molecule has 2 aliphatic rings. The lowest BCUT2D eigenvalue weighted by Crippen LogP contribution is -2.39. The average Bonchev–Trinajstić information content (AvgIpc) is 3.20. The molecule has 2 N–H and O–H groups in total. The van der Waals surface area contributed by atoms with Crippen molar-refractivity contribution in [3.05, 3.63) is 0 Å². The van der Waals surface area contributed by atoms with Crippen LogP contribution in [-0.4, -0.2) is 23.0 Å². The van der Waals surface area contributed by atoms with Gasteiger partial charge >= 0.3 is 0 Å². The quantitative estimate of drug-likeness (QED) is 0.818. The number of nitrogens with one attached hydrogen (secondary N) is 1. The number of nitriles is 1. The van der Waals surface area contributed by atoms with E-state index >= 15 is 0 Å². The lowest BCUT2D eigenvalue weighted by Gasteiger charge is -2.22. The normalized spacial score (nSPS) is 20.4. The summed E-state index contributed by atoms with van der Waals surface area (Å²) in [7, 11) is 0. The maximum absolute atomic E-state index is 11.8. The molecule has 2 saturated carbocycles. The van der Waals surface area contributed by atoms with E-state index in [9.17, 15) is 4.79 Å². The molecule has 0 aliphatic heterocycles. The van der Waals surface area contributed by atoms with Crippen LogP contribution in [0.25, 0.3) is 0 Å². The van der Waals surface area contributed by atoms with Crippen molar-refractivity contribution >= 4 is 11.9 Å². The fourth-order valence-electron chi connectivity index (χ4n) is 2.32. The van der Waals surface area contributed by atoms with Gasteiger partial charge < -0.3 is 10.4 Å². The molecule has 1 atom stereocenters. The molecule has 0 heterocycles. The maximum Gasteiger partial charge on any atom is 0.300 e. The van der Waals surface area contributed by atoms with Crippen LogP contribution < -0.4 is 5.32 Å². The summed E-state index contributed by atoms with van der Waals surface area (Å²) in [5, 5.41) is 19.2. The molecule has 0 aromatic heterocycles. The lowest BCUT2D eigenvalue weighted by molar-refractivity contribution is -0.134. The molecular weight excluding hydrogens is 244 g/mol. The fraction of sp³-hybridized carbons (Fsp3) is 0.786. The minimum Gasteiger partial charge on any atom is -0.481 e. The Balaban J connectivity index is 0.000000399. The molecule has 2 fully saturated rings. The Hall–Kier alpha value is -1.57. The molecule has 5 nitrogen and oxygen atoms in total. The van der Waals surface area contributed by atoms with Crippen LogP contribution in [0.5, 0.6) is 0 Å². The van der Waals surface area contributed by atoms with Gasteiger partial charge in [-0.1, -0.05) is 19.3 Å². The summed E-state index contributed by atoms with van der Waals surface area (Å²) in [6, 6.07) is 1.98. The highest BCUT2D eigenvalue weighted by Gasteiger charge is 2.33. The van der Waals surface area contributed by atoms with Crippen LogP contribution in [0.2, 0.25) is 0 Å². The summed E-state index contributed by atoms with van der Waals surface area (Å²) in [4.78, 5) is 20.8. The maximum atomic E-state index is 11.8. The van der Waals surface area contributed by atoms with Gasteiger partial charge in [0.25, 0.3) is 5.97 Å². The summed E-state index contributed by atoms with van der Waals surface area (Å²) in [6.07, 6.45) is 7.81. The van der Waals surface area contributed by atoms with Crippen molar-refractivity contribution < 1.29 is 14.7 Å². The molecule has 5 heteroatoms. The predicted molar refractivity (Wildman–Crippen MR) is 70.2 cm³/mol. The summed E-state index contributed by atoms with van der Waals surface area (Å²) < 4.78 is 0. The van der Waals surface area contributed by atoms with Gasteiger partial charge in [-0.25, -0.2) is 0 Å². The highest BCUT2D eigenvalue weighted by molar-refractivity contribution is 5.79. The Bertz CT molecular complexity index is 348. The number of nitrogens with zero attached hydrogens (tertiary/aromatic N) is 1. The zero-order valence-corrected chi connectivity index (χ0v) is 11.4. The number of rotatable bonds is 3. The van der Waals surface area contributed by atoms with Gasteiger partial charge in [-0.15, -0.1) is 0 Å². The van der Waals surface area contributed by atoms with Crippen molar-refractivity contribution in [1.82, 2.24) is 5.32 Å². The monoisotopic (exact) mass is 266 g/mol. The second-order valence-corrected chi connectivity index (χ2v) is 5.31. The number of aliphatic carboxylic acids is 1. The van der Waals surface area contributed by atoms with Gasteiger partial charge in [-0.2, -0.15) is 5.26 Å². The van der Waals surface area contributed by atoms with Crippen molar-refractivity contribution in [2.24, 2.45) is 11.8 Å². The first kappa shape index (κ1) is 15.5. The number of carboxylic acid groups (broad SMARTS) is 1. The molecule has 1 amide bonds. The second kappa shape index (κ2) is 7.78. The molecule has 0 aromatic rings. The topological polar surface area (TPSA) is 90.2 Å². The second-order valence-electron chi connectivity index (χ2n) is 5.31. The smallest absolute Gasteiger partial charge is 0.300 e. The Morgan fingerprint density at radius 2 is 1.74 bits per heavy atom. The van der Waals surface area contributed by atoms with Gasteiger partial charge in [-0.05, 0) is 31.6 Å². The predicted octanol–water partition coefficient (Wildman–Crippen LogP) is 2.08. The molecule has 0 radical (unpaired) electrons. The third-order valence-corrected chi connectivity index (χ3v) is 3.51. The molecule has 106 valence electrons. The number of carboxylic acids is 1. The Morgan fingerprint density at radius 1 is 1.21 bits per heavy atom. The molecule has 19 heavy (non-hydrogen) atoms. The Kier molecular flexibility index (Phi) is 6.34. The van der Waals surface area contributed by atoms with Crippen LogP contribution in [-0.2, 0) is 9.59 Å². The number of hydrogen-bond acceptors (Lipinski definition) is 3. The van der Waals surface area contributed by atoms with Crippen molar-refractivity contribution in [2.45, 2.75) is 57.9 Å². The van der Waals surface area contributed by atoms with Gasteiger partial charge in [0.1, 0.15) is 6.04 Å². The van der Waals surface area contributed by atoms with E-state index in [1.807, 2.05) is 0 Å². The highest BCUT2D eigenvalue weighted by atomic mass is 16.4. The number of amides is 1. The first-order valence-corrected chi connectivity index (χ1v) is 6.94. The van der Waals surface area contributed by atoms with Gasteiger partial charge in [0.15, 0.2) is 0 Å². The minimum atomic E-state index is -0.833. The van der Waals surface area contributed by atoms with E-state index in [1.165, 1.54) is 19.3 Å². The highest BCUT2D eigenvalue weighted by Crippen LogP contribution is 2.33. The van der Waals surface area contributed by atoms with Gasteiger partial charge in [0, 0.05) is 12.8 Å². The fourth-order valence-corrected chi connectivity index (χ4v) is 2.32. The molecule has 0 spiro atoms. The van der Waals surface area contributed by atoms with Gasteiger partial charge in [-0.3, -0.25) is 9.59 Å². The Labute approximate surface area is 114 Å². The first-order valence-electron chi connectivity index (χ1n) is 6.94. The summed E-state index contributed by atoms with van der Waals surface area (Å²) in [5.41, 5.74) is 0. The molecule has 2 rings (SSSR count). The van der Waals surface area contributed by atoms with Gasteiger partial charge in [0.05, 0.1) is 6.07 Å². The first-order chi connectivity index (χ1) is 9.04. The van der Waals surface area contributed by atoms with Crippen LogP contribution in [0.1, 0.15) is 51.9 Å². The van der Waals surface area contributed by atoms with E-state index in [0.717, 1.165) is 32.6 Å². The van der Waals surface area contributed by atoms with E-state index < -0.39 is 5.97 Å². The number of carbonyl (C=O) groups is 2. The van der Waals surface area contributed by atoms with E-state index in [-0.39, 0.29) is 17.9 Å². The Morgan fingerprint density at radius 3 is 2.16 bits per heavy atom. The third kappa shape index (κ3) is 6.23. The largest absolute Gasteiger partial charge is 0.481 e. The van der Waals surface area contributed by atoms with Crippen molar-refractivity contribution in [1.29, 1.82) is 5.26 Å². The van der Waals surface area contributed by atoms with Crippen LogP contribution >= 0.6 is 0 Å². The van der Waals surface area contributed by atoms with Crippen LogP contribution in [0.4, 0.5) is 0 Å². The SMILES string of the molecule is CC(=O)O.N#CC(NC(=O)C1CCCCC1)C1CC1. The number of hydrogen-bond donors (Lipinski definition) is 2. The molecule has 0 bridgehead atoms. The van der Waals surface area contributed by atoms with E-state index in [1.54, 1.807) is 0 Å². The van der Waals surface area contributed by atoms with Crippen molar-refractivity contribution in [3.8, 4) is 6.07 Å². The zero-order valence-electron chi connectivity index (χ0n) is 11.4. The van der Waals surface area contributed by atoms with Gasteiger partial charge in [0.2, 0.25) is 5.91 Å². The van der Waals surface area contributed by atoms with Crippen molar-refractivity contribution in [3.63, 3.8) is 0 Å². The number of carbonyl (C=O) groups excluding carboxylic acids is 1. The molecular formula is C14H22N2O3. The van der Waals surface area contributed by atoms with Crippen LogP contribution in [0, 0.1) is 23.2 Å². The summed E-state index contributed by atoms with van der Waals surface area (Å²) in [5.74, 6) is -0.107. The summed E-state index contributed by atoms with van der Waals surface area (Å²) in [6.45, 7) is 1.08. The average molecular weight is 266 g/mol.